The van der Waals surface area contributed by atoms with Gasteiger partial charge in [-0.1, -0.05) is 23.2 Å². The second-order valence-corrected chi connectivity index (χ2v) is 11.6. The van der Waals surface area contributed by atoms with Gasteiger partial charge in [-0.25, -0.2) is 9.97 Å². The number of benzene rings is 1. The van der Waals surface area contributed by atoms with Crippen LogP contribution in [0.2, 0.25) is 15.3 Å². The number of hydrogen-bond acceptors (Lipinski definition) is 9. The fourth-order valence-corrected chi connectivity index (χ4v) is 5.85. The standard InChI is InChI=1S/C28H29Cl3N8O5/c1-14-10-36(2)4-5-38(14)21-8-20(19(30)9-33-21)34-22(40)12-37-11-17(15-6-16(25(32)42)24(41)18(29)7-15)23-26(37)35-28(31)39(13-44-3)27(23)43/h6-9,11,14,41H,4-5,10,12-13H2,1-3H3,(H2,32,42)(H,33,34,40)/t14-/m0/s1. The summed E-state index contributed by atoms with van der Waals surface area (Å²) in [7, 11) is 3.45. The van der Waals surface area contributed by atoms with E-state index in [4.69, 9.17) is 45.3 Å². The summed E-state index contributed by atoms with van der Waals surface area (Å²) in [6, 6.07) is 4.60. The van der Waals surface area contributed by atoms with Crippen molar-refractivity contribution < 1.29 is 19.4 Å². The summed E-state index contributed by atoms with van der Waals surface area (Å²) >= 11 is 18.9. The molecule has 1 aliphatic heterocycles. The Bertz CT molecular complexity index is 1840. The third kappa shape index (κ3) is 6.06. The summed E-state index contributed by atoms with van der Waals surface area (Å²) in [5.74, 6) is -1.21. The van der Waals surface area contributed by atoms with E-state index in [-0.39, 0.29) is 62.4 Å². The molecule has 5 rings (SSSR count). The first-order valence-corrected chi connectivity index (χ1v) is 14.5. The number of aromatic hydroxyl groups is 1. The molecule has 1 fully saturated rings. The summed E-state index contributed by atoms with van der Waals surface area (Å²) in [6.45, 7) is 4.12. The smallest absolute Gasteiger partial charge is 0.266 e. The minimum absolute atomic E-state index is 0.0738. The van der Waals surface area contributed by atoms with Gasteiger partial charge in [0, 0.05) is 50.6 Å². The molecular weight excluding hydrogens is 635 g/mol. The minimum atomic E-state index is -0.924. The van der Waals surface area contributed by atoms with Crippen LogP contribution in [0.1, 0.15) is 17.3 Å². The minimum Gasteiger partial charge on any atom is -0.506 e. The number of amides is 2. The number of fused-ring (bicyclic) bond motifs is 1. The van der Waals surface area contributed by atoms with Gasteiger partial charge in [0.2, 0.25) is 11.2 Å². The van der Waals surface area contributed by atoms with E-state index in [9.17, 15) is 19.5 Å². The summed E-state index contributed by atoms with van der Waals surface area (Å²) < 4.78 is 7.65. The van der Waals surface area contributed by atoms with Crippen LogP contribution in [0.15, 0.2) is 35.4 Å². The molecule has 0 bridgehead atoms. The Morgan fingerprint density at radius 1 is 1.18 bits per heavy atom. The second-order valence-electron chi connectivity index (χ2n) is 10.5. The second kappa shape index (κ2) is 12.6. The molecule has 13 nitrogen and oxygen atoms in total. The quantitative estimate of drug-likeness (QED) is 0.240. The maximum Gasteiger partial charge on any atom is 0.266 e. The molecular formula is C28H29Cl3N8O5. The van der Waals surface area contributed by atoms with Crippen molar-refractivity contribution in [3.63, 3.8) is 0 Å². The maximum atomic E-state index is 13.6. The molecule has 1 atom stereocenters. The normalized spacial score (nSPS) is 15.6. The number of piperazine rings is 1. The monoisotopic (exact) mass is 662 g/mol. The number of phenols is 1. The number of carbonyl (C=O) groups is 2. The lowest BCUT2D eigenvalue weighted by molar-refractivity contribution is -0.116. The molecule has 1 saturated heterocycles. The third-order valence-electron chi connectivity index (χ3n) is 7.38. The average molecular weight is 664 g/mol. The number of nitrogens with zero attached hydrogens (tertiary/aromatic N) is 6. The summed E-state index contributed by atoms with van der Waals surface area (Å²) in [5, 5.41) is 13.1. The van der Waals surface area contributed by atoms with Gasteiger partial charge < -0.3 is 35.3 Å². The number of methoxy groups -OCH3 is 1. The summed E-state index contributed by atoms with van der Waals surface area (Å²) in [6.07, 6.45) is 3.00. The van der Waals surface area contributed by atoms with Gasteiger partial charge in [-0.2, -0.15) is 0 Å². The molecule has 0 saturated carbocycles. The van der Waals surface area contributed by atoms with Crippen LogP contribution in [0.3, 0.4) is 0 Å². The van der Waals surface area contributed by atoms with Crippen molar-refractivity contribution in [1.29, 1.82) is 0 Å². The molecule has 44 heavy (non-hydrogen) atoms. The van der Waals surface area contributed by atoms with Crippen molar-refractivity contribution in [2.24, 2.45) is 5.73 Å². The van der Waals surface area contributed by atoms with E-state index in [2.05, 4.69) is 39.1 Å². The first kappa shape index (κ1) is 31.5. The van der Waals surface area contributed by atoms with Crippen molar-refractivity contribution >= 4 is 69.2 Å². The van der Waals surface area contributed by atoms with Gasteiger partial charge in [0.25, 0.3) is 11.5 Å². The van der Waals surface area contributed by atoms with Crippen LogP contribution in [-0.4, -0.2) is 80.8 Å². The zero-order chi connectivity index (χ0) is 31.9. The topological polar surface area (TPSA) is 161 Å². The van der Waals surface area contributed by atoms with E-state index in [1.165, 1.54) is 36.2 Å². The average Bonchev–Trinajstić information content (AvgIpc) is 3.31. The number of anilines is 2. The van der Waals surface area contributed by atoms with Crippen LogP contribution in [0.4, 0.5) is 11.5 Å². The van der Waals surface area contributed by atoms with Gasteiger partial charge in [0.1, 0.15) is 30.5 Å². The van der Waals surface area contributed by atoms with Crippen LogP contribution in [0.25, 0.3) is 22.2 Å². The molecule has 232 valence electrons. The lowest BCUT2D eigenvalue weighted by Crippen LogP contribution is -2.50. The van der Waals surface area contributed by atoms with Gasteiger partial charge >= 0.3 is 0 Å². The molecule has 1 aliphatic rings. The summed E-state index contributed by atoms with van der Waals surface area (Å²) in [5.41, 5.74) is 5.63. The number of likely N-dealkylation sites (N-methyl/N-ethyl adjacent to an activating group) is 1. The van der Waals surface area contributed by atoms with E-state index >= 15 is 0 Å². The van der Waals surface area contributed by atoms with Crippen molar-refractivity contribution in [2.75, 3.05) is 44.0 Å². The van der Waals surface area contributed by atoms with Crippen LogP contribution in [0.5, 0.6) is 5.75 Å². The maximum absolute atomic E-state index is 13.6. The number of halogens is 3. The van der Waals surface area contributed by atoms with Crippen LogP contribution < -0.4 is 21.5 Å². The molecule has 4 N–H and O–H groups in total. The van der Waals surface area contributed by atoms with E-state index in [0.29, 0.717) is 11.5 Å². The van der Waals surface area contributed by atoms with Crippen LogP contribution >= 0.6 is 34.8 Å². The number of aromatic nitrogens is 4. The number of hydrogen-bond donors (Lipinski definition) is 3. The lowest BCUT2D eigenvalue weighted by atomic mass is 10.0. The van der Waals surface area contributed by atoms with E-state index in [0.717, 1.165) is 24.2 Å². The zero-order valence-electron chi connectivity index (χ0n) is 24.0. The van der Waals surface area contributed by atoms with Crippen molar-refractivity contribution in [3.8, 4) is 16.9 Å². The van der Waals surface area contributed by atoms with Crippen LogP contribution in [0, 0.1) is 0 Å². The predicted molar refractivity (Wildman–Crippen MR) is 169 cm³/mol. The Hall–Kier alpha value is -3.88. The molecule has 0 unspecified atom stereocenters. The number of carbonyl (C=O) groups excluding carboxylic acids is 2. The molecule has 4 aromatic rings. The molecule has 0 aliphatic carbocycles. The number of nitrogens with one attached hydrogen (secondary N) is 1. The molecule has 2 amide bonds. The fraction of sp³-hybridized carbons (Fsp3) is 0.321. The first-order valence-electron chi connectivity index (χ1n) is 13.4. The lowest BCUT2D eigenvalue weighted by Gasteiger charge is -2.39. The van der Waals surface area contributed by atoms with Gasteiger partial charge in [-0.15, -0.1) is 0 Å². The number of rotatable bonds is 8. The van der Waals surface area contributed by atoms with Gasteiger partial charge in [0.15, 0.2) is 0 Å². The highest BCUT2D eigenvalue weighted by atomic mass is 35.5. The largest absolute Gasteiger partial charge is 0.506 e. The van der Waals surface area contributed by atoms with E-state index in [1.54, 1.807) is 6.07 Å². The Morgan fingerprint density at radius 2 is 1.93 bits per heavy atom. The van der Waals surface area contributed by atoms with E-state index < -0.39 is 23.1 Å². The highest BCUT2D eigenvalue weighted by Crippen LogP contribution is 2.36. The highest BCUT2D eigenvalue weighted by molar-refractivity contribution is 6.34. The number of pyridine rings is 1. The summed E-state index contributed by atoms with van der Waals surface area (Å²) in [4.78, 5) is 52.2. The molecule has 1 aromatic carbocycles. The van der Waals surface area contributed by atoms with Gasteiger partial charge in [-0.3, -0.25) is 19.0 Å². The Balaban J connectivity index is 1.54. The van der Waals surface area contributed by atoms with Crippen molar-refractivity contribution in [3.05, 3.63) is 61.8 Å². The first-order chi connectivity index (χ1) is 20.9. The molecule has 0 radical (unpaired) electrons. The van der Waals surface area contributed by atoms with Crippen molar-refractivity contribution in [2.45, 2.75) is 26.2 Å². The van der Waals surface area contributed by atoms with E-state index in [1.807, 2.05) is 0 Å². The Kier molecular flexibility index (Phi) is 9.05. The fourth-order valence-electron chi connectivity index (χ4n) is 5.27. The number of primary amides is 1. The molecule has 4 heterocycles. The molecule has 3 aromatic heterocycles. The predicted octanol–water partition coefficient (Wildman–Crippen LogP) is 3.41. The zero-order valence-corrected chi connectivity index (χ0v) is 26.2. The van der Waals surface area contributed by atoms with Gasteiger partial charge in [-0.05, 0) is 43.3 Å². The Morgan fingerprint density at radius 3 is 2.61 bits per heavy atom. The molecule has 16 heteroatoms. The van der Waals surface area contributed by atoms with Crippen LogP contribution in [-0.2, 0) is 22.8 Å². The molecule has 0 spiro atoms. The number of ether oxygens (including phenoxy) is 1. The number of nitrogens with two attached hydrogens (primary N) is 1. The Labute approximate surface area is 266 Å². The highest BCUT2D eigenvalue weighted by Gasteiger charge is 2.25. The third-order valence-corrected chi connectivity index (χ3v) is 8.26. The van der Waals surface area contributed by atoms with Crippen molar-refractivity contribution in [1.82, 2.24) is 24.0 Å². The SMILES string of the molecule is COCn1c(Cl)nc2c(c(-c3cc(Cl)c(O)c(C(N)=O)c3)cn2CC(=O)Nc2cc(N3CCN(C)C[C@@H]3C)ncc2Cl)c1=O. The van der Waals surface area contributed by atoms with Gasteiger partial charge in [0.05, 0.1) is 32.9 Å².